The molecule has 172 valence electrons. The van der Waals surface area contributed by atoms with E-state index in [1.54, 1.807) is 0 Å². The molecule has 3 aliphatic rings. The molecule has 4 amide bonds. The standard InChI is InChI=1S/C25H27N3O5/c1-15(2)22(17-7-8-19-20(13-17)33-12-11-32-19)26-21(29)14-28-23(30)25(27-24(28)31)10-9-16-5-3-4-6-18(16)25/h3-8,13,15,22H,9-12,14H2,1-2H3,(H,26,29)(H,27,31)/t22-,25-/m0/s1. The summed E-state index contributed by atoms with van der Waals surface area (Å²) in [5.74, 6) is 0.644. The molecule has 1 fully saturated rings. The molecule has 8 nitrogen and oxygen atoms in total. The number of imide groups is 1. The van der Waals surface area contributed by atoms with E-state index in [1.807, 2.05) is 56.3 Å². The fraction of sp³-hybridized carbons (Fsp3) is 0.400. The number of urea groups is 1. The number of hydrogen-bond donors (Lipinski definition) is 2. The number of ether oxygens (including phenoxy) is 2. The van der Waals surface area contributed by atoms with E-state index < -0.39 is 17.5 Å². The summed E-state index contributed by atoms with van der Waals surface area (Å²) in [6.07, 6.45) is 1.21. The van der Waals surface area contributed by atoms with Gasteiger partial charge in [-0.3, -0.25) is 14.5 Å². The number of carbonyl (C=O) groups is 3. The number of rotatable bonds is 5. The van der Waals surface area contributed by atoms with Gasteiger partial charge >= 0.3 is 6.03 Å². The highest BCUT2D eigenvalue weighted by atomic mass is 16.6. The molecule has 2 aliphatic heterocycles. The van der Waals surface area contributed by atoms with Gasteiger partial charge in [0.2, 0.25) is 5.91 Å². The molecule has 2 N–H and O–H groups in total. The minimum Gasteiger partial charge on any atom is -0.486 e. The summed E-state index contributed by atoms with van der Waals surface area (Å²) in [6, 6.07) is 12.4. The Balaban J connectivity index is 1.32. The molecule has 1 spiro atoms. The van der Waals surface area contributed by atoms with Crippen molar-refractivity contribution in [1.29, 1.82) is 0 Å². The van der Waals surface area contributed by atoms with Gasteiger partial charge in [0, 0.05) is 0 Å². The van der Waals surface area contributed by atoms with Crippen molar-refractivity contribution in [3.8, 4) is 11.5 Å². The number of amides is 4. The van der Waals surface area contributed by atoms with Crippen LogP contribution in [0.5, 0.6) is 11.5 Å². The highest BCUT2D eigenvalue weighted by molar-refractivity contribution is 6.09. The molecule has 0 aromatic heterocycles. The first kappa shape index (κ1) is 21.3. The Morgan fingerprint density at radius 3 is 2.67 bits per heavy atom. The normalized spacial score (nSPS) is 21.8. The zero-order valence-electron chi connectivity index (χ0n) is 18.7. The van der Waals surface area contributed by atoms with Gasteiger partial charge in [0.25, 0.3) is 5.91 Å². The summed E-state index contributed by atoms with van der Waals surface area (Å²) >= 11 is 0. The Morgan fingerprint density at radius 1 is 1.12 bits per heavy atom. The van der Waals surface area contributed by atoms with Crippen molar-refractivity contribution in [3.05, 3.63) is 59.2 Å². The van der Waals surface area contributed by atoms with Crippen LogP contribution in [0.15, 0.2) is 42.5 Å². The number of carbonyl (C=O) groups excluding carboxylic acids is 3. The zero-order valence-corrected chi connectivity index (χ0v) is 18.7. The number of nitrogens with one attached hydrogen (secondary N) is 2. The van der Waals surface area contributed by atoms with E-state index in [0.717, 1.165) is 21.6 Å². The number of aryl methyl sites for hydroxylation is 1. The van der Waals surface area contributed by atoms with Crippen LogP contribution in [0.2, 0.25) is 0 Å². The lowest BCUT2D eigenvalue weighted by Gasteiger charge is -2.26. The zero-order chi connectivity index (χ0) is 23.2. The highest BCUT2D eigenvalue weighted by Crippen LogP contribution is 2.41. The number of nitrogens with zero attached hydrogens (tertiary/aromatic N) is 1. The van der Waals surface area contributed by atoms with Crippen LogP contribution in [0.4, 0.5) is 4.79 Å². The lowest BCUT2D eigenvalue weighted by atomic mass is 9.92. The molecule has 2 aromatic carbocycles. The van der Waals surface area contributed by atoms with E-state index in [1.165, 1.54) is 0 Å². The molecule has 33 heavy (non-hydrogen) atoms. The van der Waals surface area contributed by atoms with Gasteiger partial charge in [-0.05, 0) is 47.6 Å². The summed E-state index contributed by atoms with van der Waals surface area (Å²) < 4.78 is 11.3. The summed E-state index contributed by atoms with van der Waals surface area (Å²) in [4.78, 5) is 40.0. The van der Waals surface area contributed by atoms with Crippen LogP contribution in [0.1, 0.15) is 43.0 Å². The van der Waals surface area contributed by atoms with Crippen molar-refractivity contribution in [2.24, 2.45) is 5.92 Å². The Bertz CT molecular complexity index is 1130. The van der Waals surface area contributed by atoms with Crippen LogP contribution in [-0.2, 0) is 21.5 Å². The number of hydrogen-bond acceptors (Lipinski definition) is 5. The van der Waals surface area contributed by atoms with Gasteiger partial charge in [-0.15, -0.1) is 0 Å². The predicted octanol–water partition coefficient (Wildman–Crippen LogP) is 2.66. The van der Waals surface area contributed by atoms with Crippen molar-refractivity contribution in [1.82, 2.24) is 15.5 Å². The molecular formula is C25H27N3O5. The average Bonchev–Trinajstić information content (AvgIpc) is 3.30. The van der Waals surface area contributed by atoms with Crippen LogP contribution in [-0.4, -0.2) is 42.5 Å². The fourth-order valence-electron chi connectivity index (χ4n) is 4.98. The second-order valence-electron chi connectivity index (χ2n) is 9.08. The van der Waals surface area contributed by atoms with Gasteiger partial charge in [0.05, 0.1) is 6.04 Å². The average molecular weight is 450 g/mol. The molecule has 8 heteroatoms. The SMILES string of the molecule is CC(C)[C@H](NC(=O)CN1C(=O)N[C@]2(CCc3ccccc32)C1=O)c1ccc2c(c1)OCCO2. The molecule has 0 saturated carbocycles. The Morgan fingerprint density at radius 2 is 1.88 bits per heavy atom. The maximum Gasteiger partial charge on any atom is 0.325 e. The van der Waals surface area contributed by atoms with Gasteiger partial charge < -0.3 is 20.1 Å². The maximum atomic E-state index is 13.3. The third-order valence-corrected chi connectivity index (χ3v) is 6.63. The first-order valence-corrected chi connectivity index (χ1v) is 11.3. The lowest BCUT2D eigenvalue weighted by Crippen LogP contribution is -2.44. The van der Waals surface area contributed by atoms with Crippen molar-refractivity contribution in [2.75, 3.05) is 19.8 Å². The van der Waals surface area contributed by atoms with E-state index in [9.17, 15) is 14.4 Å². The molecule has 5 rings (SSSR count). The Hall–Kier alpha value is -3.55. The van der Waals surface area contributed by atoms with Crippen molar-refractivity contribution >= 4 is 17.8 Å². The van der Waals surface area contributed by atoms with Crippen LogP contribution >= 0.6 is 0 Å². The summed E-state index contributed by atoms with van der Waals surface area (Å²) in [6.45, 7) is 4.66. The first-order chi connectivity index (χ1) is 15.9. The van der Waals surface area contributed by atoms with E-state index in [0.29, 0.717) is 37.6 Å². The highest BCUT2D eigenvalue weighted by Gasteiger charge is 2.55. The van der Waals surface area contributed by atoms with E-state index in [2.05, 4.69) is 10.6 Å². The topological polar surface area (TPSA) is 97.0 Å². The van der Waals surface area contributed by atoms with Crippen molar-refractivity contribution < 1.29 is 23.9 Å². The van der Waals surface area contributed by atoms with E-state index in [4.69, 9.17) is 9.47 Å². The van der Waals surface area contributed by atoms with E-state index in [-0.39, 0.29) is 24.4 Å². The van der Waals surface area contributed by atoms with Crippen LogP contribution in [0, 0.1) is 5.92 Å². The second kappa shape index (κ2) is 8.10. The third kappa shape index (κ3) is 3.59. The largest absolute Gasteiger partial charge is 0.486 e. The molecule has 2 heterocycles. The summed E-state index contributed by atoms with van der Waals surface area (Å²) in [7, 11) is 0. The Labute approximate surface area is 192 Å². The molecule has 1 aliphatic carbocycles. The first-order valence-electron chi connectivity index (χ1n) is 11.3. The second-order valence-corrected chi connectivity index (χ2v) is 9.08. The van der Waals surface area contributed by atoms with Gasteiger partial charge in [-0.25, -0.2) is 4.79 Å². The molecule has 0 radical (unpaired) electrons. The monoisotopic (exact) mass is 449 g/mol. The maximum absolute atomic E-state index is 13.3. The lowest BCUT2D eigenvalue weighted by molar-refractivity contribution is -0.135. The minimum atomic E-state index is -1.07. The summed E-state index contributed by atoms with van der Waals surface area (Å²) in [5, 5.41) is 5.86. The third-order valence-electron chi connectivity index (χ3n) is 6.63. The molecular weight excluding hydrogens is 422 g/mol. The van der Waals surface area contributed by atoms with Gasteiger partial charge in [0.15, 0.2) is 11.5 Å². The van der Waals surface area contributed by atoms with Crippen LogP contribution < -0.4 is 20.1 Å². The predicted molar refractivity (Wildman–Crippen MR) is 120 cm³/mol. The summed E-state index contributed by atoms with van der Waals surface area (Å²) in [5.41, 5.74) is 1.68. The van der Waals surface area contributed by atoms with Crippen LogP contribution in [0.25, 0.3) is 0 Å². The van der Waals surface area contributed by atoms with Gasteiger partial charge in [0.1, 0.15) is 25.3 Å². The van der Waals surface area contributed by atoms with Crippen LogP contribution in [0.3, 0.4) is 0 Å². The molecule has 2 aromatic rings. The Kier molecular flexibility index (Phi) is 5.23. The smallest absolute Gasteiger partial charge is 0.325 e. The molecule has 0 unspecified atom stereocenters. The van der Waals surface area contributed by atoms with Gasteiger partial charge in [-0.2, -0.15) is 0 Å². The molecule has 2 atom stereocenters. The van der Waals surface area contributed by atoms with Gasteiger partial charge in [-0.1, -0.05) is 44.2 Å². The van der Waals surface area contributed by atoms with Crippen molar-refractivity contribution in [3.63, 3.8) is 0 Å². The minimum absolute atomic E-state index is 0.0765. The van der Waals surface area contributed by atoms with Crippen molar-refractivity contribution in [2.45, 2.75) is 38.3 Å². The molecule has 0 bridgehead atoms. The number of benzene rings is 2. The fourth-order valence-corrected chi connectivity index (χ4v) is 4.98. The molecule has 1 saturated heterocycles. The quantitative estimate of drug-likeness (QED) is 0.684. The van der Waals surface area contributed by atoms with E-state index >= 15 is 0 Å². The number of fused-ring (bicyclic) bond motifs is 3.